The van der Waals surface area contributed by atoms with Crippen LogP contribution in [0, 0.1) is 0 Å². The lowest BCUT2D eigenvalue weighted by Gasteiger charge is -2.05. The van der Waals surface area contributed by atoms with Crippen molar-refractivity contribution in [3.05, 3.63) is 53.5 Å². The molecule has 0 aliphatic heterocycles. The van der Waals surface area contributed by atoms with Gasteiger partial charge in [-0.15, -0.1) is 0 Å². The van der Waals surface area contributed by atoms with Crippen LogP contribution in [0.1, 0.15) is 33.1 Å². The summed E-state index contributed by atoms with van der Waals surface area (Å²) in [4.78, 5) is 22.4. The van der Waals surface area contributed by atoms with E-state index in [9.17, 15) is 9.59 Å². The molecular weight excluding hydrogens is 286 g/mol. The number of carboxylic acids is 1. The number of methoxy groups -OCH3 is 1. The van der Waals surface area contributed by atoms with Crippen LogP contribution in [0.5, 0.6) is 5.75 Å². The molecule has 2 aromatic rings. The van der Waals surface area contributed by atoms with Gasteiger partial charge < -0.3 is 19.6 Å². The van der Waals surface area contributed by atoms with Crippen LogP contribution < -0.4 is 10.1 Å². The molecule has 2 N–H and O–H groups in total. The fourth-order valence-corrected chi connectivity index (χ4v) is 1.95. The van der Waals surface area contributed by atoms with Crippen LogP contribution in [-0.4, -0.2) is 30.6 Å². The Balaban J connectivity index is 1.75. The van der Waals surface area contributed by atoms with Crippen molar-refractivity contribution in [2.24, 2.45) is 0 Å². The van der Waals surface area contributed by atoms with Gasteiger partial charge in [0.05, 0.1) is 7.11 Å². The van der Waals surface area contributed by atoms with Crippen molar-refractivity contribution < 1.29 is 23.8 Å². The summed E-state index contributed by atoms with van der Waals surface area (Å²) in [7, 11) is 1.62. The molecule has 0 radical (unpaired) electrons. The first-order valence-corrected chi connectivity index (χ1v) is 6.84. The molecule has 0 aliphatic rings. The molecule has 0 unspecified atom stereocenters. The first kappa shape index (κ1) is 15.6. The molecule has 6 nitrogen and oxygen atoms in total. The van der Waals surface area contributed by atoms with Gasteiger partial charge in [0.2, 0.25) is 5.76 Å². The van der Waals surface area contributed by atoms with Crippen LogP contribution >= 0.6 is 0 Å². The van der Waals surface area contributed by atoms with E-state index in [1.165, 1.54) is 12.1 Å². The van der Waals surface area contributed by atoms with Gasteiger partial charge in [0, 0.05) is 6.54 Å². The number of furan rings is 1. The average molecular weight is 303 g/mol. The number of carbonyl (C=O) groups is 2. The van der Waals surface area contributed by atoms with E-state index in [2.05, 4.69) is 5.32 Å². The normalized spacial score (nSPS) is 10.2. The Morgan fingerprint density at radius 2 is 1.82 bits per heavy atom. The van der Waals surface area contributed by atoms with Gasteiger partial charge >= 0.3 is 5.97 Å². The average Bonchev–Trinajstić information content (AvgIpc) is 3.02. The lowest BCUT2D eigenvalue weighted by molar-refractivity contribution is 0.0659. The second-order valence-corrected chi connectivity index (χ2v) is 4.68. The standard InChI is InChI=1S/C16H17NO5/c1-21-12-6-4-11(5-7-12)3-2-10-17-15(18)13-8-9-14(22-13)16(19)20/h4-9H,2-3,10H2,1H3,(H,17,18)(H,19,20). The highest BCUT2D eigenvalue weighted by molar-refractivity contribution is 5.93. The van der Waals surface area contributed by atoms with E-state index in [1.54, 1.807) is 7.11 Å². The van der Waals surface area contributed by atoms with Gasteiger partial charge in [-0.3, -0.25) is 4.79 Å². The SMILES string of the molecule is COc1ccc(CCCNC(=O)c2ccc(C(=O)O)o2)cc1. The third-order valence-electron chi connectivity index (χ3n) is 3.13. The van der Waals surface area contributed by atoms with E-state index >= 15 is 0 Å². The van der Waals surface area contributed by atoms with Gasteiger partial charge in [-0.2, -0.15) is 0 Å². The van der Waals surface area contributed by atoms with Gasteiger partial charge in [-0.1, -0.05) is 12.1 Å². The Hall–Kier alpha value is -2.76. The minimum atomic E-state index is -1.20. The van der Waals surface area contributed by atoms with Crippen LogP contribution in [0.25, 0.3) is 0 Å². The van der Waals surface area contributed by atoms with Crippen molar-refractivity contribution >= 4 is 11.9 Å². The fourth-order valence-electron chi connectivity index (χ4n) is 1.95. The highest BCUT2D eigenvalue weighted by atomic mass is 16.5. The van der Waals surface area contributed by atoms with Crippen molar-refractivity contribution in [1.82, 2.24) is 5.32 Å². The third kappa shape index (κ3) is 4.12. The number of rotatable bonds is 7. The molecule has 1 aromatic carbocycles. The summed E-state index contributed by atoms with van der Waals surface area (Å²) in [5, 5.41) is 11.4. The summed E-state index contributed by atoms with van der Waals surface area (Å²) in [5.41, 5.74) is 1.15. The number of aromatic carboxylic acids is 1. The molecule has 0 spiro atoms. The van der Waals surface area contributed by atoms with Crippen molar-refractivity contribution in [1.29, 1.82) is 0 Å². The van der Waals surface area contributed by atoms with E-state index < -0.39 is 11.9 Å². The maximum Gasteiger partial charge on any atom is 0.371 e. The van der Waals surface area contributed by atoms with Crippen LogP contribution in [0.3, 0.4) is 0 Å². The highest BCUT2D eigenvalue weighted by Gasteiger charge is 2.14. The van der Waals surface area contributed by atoms with Gasteiger partial charge in [-0.05, 0) is 42.7 Å². The number of benzene rings is 1. The Bertz CT molecular complexity index is 645. The molecule has 0 fully saturated rings. The second-order valence-electron chi connectivity index (χ2n) is 4.68. The number of carbonyl (C=O) groups excluding carboxylic acids is 1. The minimum absolute atomic E-state index is 0.00171. The summed E-state index contributed by atoms with van der Waals surface area (Å²) in [6.07, 6.45) is 1.59. The second kappa shape index (κ2) is 7.31. The zero-order chi connectivity index (χ0) is 15.9. The summed E-state index contributed by atoms with van der Waals surface area (Å²) in [5.74, 6) is -1.05. The molecule has 22 heavy (non-hydrogen) atoms. The minimum Gasteiger partial charge on any atom is -0.497 e. The molecule has 116 valence electrons. The number of ether oxygens (including phenoxy) is 1. The van der Waals surface area contributed by atoms with Crippen molar-refractivity contribution in [2.45, 2.75) is 12.8 Å². The summed E-state index contributed by atoms with van der Waals surface area (Å²) < 4.78 is 10.0. The first-order chi connectivity index (χ1) is 10.6. The zero-order valence-electron chi connectivity index (χ0n) is 12.2. The van der Waals surface area contributed by atoms with Gasteiger partial charge in [0.1, 0.15) is 5.75 Å². The van der Waals surface area contributed by atoms with E-state index in [0.29, 0.717) is 6.54 Å². The number of hydrogen-bond acceptors (Lipinski definition) is 4. The molecule has 0 aliphatic carbocycles. The Morgan fingerprint density at radius 1 is 1.14 bits per heavy atom. The van der Waals surface area contributed by atoms with Crippen LogP contribution in [0.2, 0.25) is 0 Å². The zero-order valence-corrected chi connectivity index (χ0v) is 12.2. The molecule has 2 rings (SSSR count). The van der Waals surface area contributed by atoms with E-state index in [0.717, 1.165) is 24.2 Å². The number of nitrogens with one attached hydrogen (secondary N) is 1. The van der Waals surface area contributed by atoms with E-state index in [4.69, 9.17) is 14.3 Å². The molecule has 1 aromatic heterocycles. The molecule has 0 saturated heterocycles. The molecule has 1 heterocycles. The first-order valence-electron chi connectivity index (χ1n) is 6.84. The van der Waals surface area contributed by atoms with Crippen LogP contribution in [-0.2, 0) is 6.42 Å². The van der Waals surface area contributed by atoms with Crippen molar-refractivity contribution in [2.75, 3.05) is 13.7 Å². The predicted molar refractivity (Wildman–Crippen MR) is 79.3 cm³/mol. The van der Waals surface area contributed by atoms with Crippen molar-refractivity contribution in [3.63, 3.8) is 0 Å². The topological polar surface area (TPSA) is 88.8 Å². The summed E-state index contributed by atoms with van der Waals surface area (Å²) >= 11 is 0. The number of amides is 1. The quantitative estimate of drug-likeness (QED) is 0.766. The molecule has 0 bridgehead atoms. The molecule has 0 atom stereocenters. The van der Waals surface area contributed by atoms with Crippen LogP contribution in [0.4, 0.5) is 0 Å². The molecule has 6 heteroatoms. The van der Waals surface area contributed by atoms with Crippen LogP contribution in [0.15, 0.2) is 40.8 Å². The van der Waals surface area contributed by atoms with E-state index in [-0.39, 0.29) is 11.5 Å². The Kier molecular flexibility index (Phi) is 5.19. The number of carboxylic acid groups (broad SMARTS) is 1. The van der Waals surface area contributed by atoms with Gasteiger partial charge in [0.15, 0.2) is 5.76 Å². The highest BCUT2D eigenvalue weighted by Crippen LogP contribution is 2.12. The fraction of sp³-hybridized carbons (Fsp3) is 0.250. The lowest BCUT2D eigenvalue weighted by atomic mass is 10.1. The maximum atomic E-state index is 11.8. The molecular formula is C16H17NO5. The Labute approximate surface area is 127 Å². The lowest BCUT2D eigenvalue weighted by Crippen LogP contribution is -2.24. The van der Waals surface area contributed by atoms with Crippen molar-refractivity contribution in [3.8, 4) is 5.75 Å². The monoisotopic (exact) mass is 303 g/mol. The Morgan fingerprint density at radius 3 is 2.41 bits per heavy atom. The largest absolute Gasteiger partial charge is 0.497 e. The molecule has 0 saturated carbocycles. The number of aryl methyl sites for hydroxylation is 1. The molecule has 1 amide bonds. The smallest absolute Gasteiger partial charge is 0.371 e. The predicted octanol–water partition coefficient (Wildman–Crippen LogP) is 2.35. The van der Waals surface area contributed by atoms with Gasteiger partial charge in [0.25, 0.3) is 5.91 Å². The summed E-state index contributed by atoms with van der Waals surface area (Å²) in [6, 6.07) is 10.4. The summed E-state index contributed by atoms with van der Waals surface area (Å²) in [6.45, 7) is 0.480. The third-order valence-corrected chi connectivity index (χ3v) is 3.13. The van der Waals surface area contributed by atoms with Gasteiger partial charge in [-0.25, -0.2) is 4.79 Å². The number of hydrogen-bond donors (Lipinski definition) is 2. The van der Waals surface area contributed by atoms with E-state index in [1.807, 2.05) is 24.3 Å². The maximum absolute atomic E-state index is 11.8.